The molecule has 0 aromatic carbocycles. The molecule has 4 heteroatoms. The molecule has 0 heterocycles. The van der Waals surface area contributed by atoms with Gasteiger partial charge >= 0.3 is 0 Å². The Morgan fingerprint density at radius 1 is 1.12 bits per heavy atom. The molecule has 102 valence electrons. The zero-order chi connectivity index (χ0) is 12.3. The quantitative estimate of drug-likeness (QED) is 0.512. The molecule has 0 aromatic rings. The van der Waals surface area contributed by atoms with E-state index < -0.39 is 0 Å². The van der Waals surface area contributed by atoms with Crippen LogP contribution in [0.1, 0.15) is 32.1 Å². The number of alkyl halides is 1. The molecular weight excluding hydrogens is 238 g/mol. The highest BCUT2D eigenvalue weighted by molar-refractivity contribution is 6.20. The third-order valence-corrected chi connectivity index (χ3v) is 3.71. The zero-order valence-electron chi connectivity index (χ0n) is 10.9. The summed E-state index contributed by atoms with van der Waals surface area (Å²) in [6.45, 7) is 4.45. The predicted molar refractivity (Wildman–Crippen MR) is 71.8 cm³/mol. The van der Waals surface area contributed by atoms with Crippen molar-refractivity contribution in [3.05, 3.63) is 0 Å². The van der Waals surface area contributed by atoms with Crippen LogP contribution in [0, 0.1) is 5.92 Å². The normalized spacial score (nSPS) is 25.1. The van der Waals surface area contributed by atoms with Crippen molar-refractivity contribution in [1.29, 1.82) is 0 Å². The third-order valence-electron chi connectivity index (χ3n) is 3.27. The Kier molecular flexibility index (Phi) is 9.07. The van der Waals surface area contributed by atoms with E-state index >= 15 is 0 Å². The monoisotopic (exact) mass is 263 g/mol. The van der Waals surface area contributed by atoms with Crippen molar-refractivity contribution in [3.63, 3.8) is 0 Å². The first-order valence-corrected chi connectivity index (χ1v) is 7.18. The summed E-state index contributed by atoms with van der Waals surface area (Å²) in [5.74, 6) is 0.818. The van der Waals surface area contributed by atoms with Gasteiger partial charge in [-0.1, -0.05) is 0 Å². The van der Waals surface area contributed by atoms with E-state index in [1.165, 1.54) is 25.7 Å². The first-order chi connectivity index (χ1) is 8.33. The van der Waals surface area contributed by atoms with E-state index in [2.05, 4.69) is 5.32 Å². The number of rotatable bonds is 9. The third kappa shape index (κ3) is 7.98. The van der Waals surface area contributed by atoms with E-state index in [0.717, 1.165) is 45.2 Å². The van der Waals surface area contributed by atoms with Crippen LogP contribution in [0.4, 0.5) is 0 Å². The Morgan fingerprint density at radius 2 is 1.88 bits per heavy atom. The van der Waals surface area contributed by atoms with Crippen LogP contribution in [0.15, 0.2) is 0 Å². The lowest BCUT2D eigenvalue weighted by atomic mass is 9.89. The molecule has 0 radical (unpaired) electrons. The maximum absolute atomic E-state index is 6.08. The molecule has 0 bridgehead atoms. The topological polar surface area (TPSA) is 30.5 Å². The number of halogens is 1. The van der Waals surface area contributed by atoms with Gasteiger partial charge in [-0.2, -0.15) is 0 Å². The lowest BCUT2D eigenvalue weighted by Crippen LogP contribution is -2.29. The second-order valence-electron chi connectivity index (χ2n) is 4.78. The summed E-state index contributed by atoms with van der Waals surface area (Å²) in [5.41, 5.74) is 0. The summed E-state index contributed by atoms with van der Waals surface area (Å²) in [6, 6.07) is 0. The molecular formula is C13H26ClNO2. The highest BCUT2D eigenvalue weighted by Gasteiger charge is 2.18. The van der Waals surface area contributed by atoms with Crippen molar-refractivity contribution in [1.82, 2.24) is 5.32 Å². The molecule has 0 spiro atoms. The van der Waals surface area contributed by atoms with Gasteiger partial charge in [-0.15, -0.1) is 11.6 Å². The van der Waals surface area contributed by atoms with Crippen molar-refractivity contribution in [2.75, 3.05) is 40.0 Å². The molecule has 17 heavy (non-hydrogen) atoms. The SMILES string of the molecule is COCCCOCCNCC1CCC(Cl)CC1. The predicted octanol–water partition coefficient (Wildman–Crippen LogP) is 2.43. The van der Waals surface area contributed by atoms with E-state index in [4.69, 9.17) is 21.1 Å². The van der Waals surface area contributed by atoms with Crippen molar-refractivity contribution < 1.29 is 9.47 Å². The number of nitrogens with one attached hydrogen (secondary N) is 1. The maximum atomic E-state index is 6.08. The molecule has 3 nitrogen and oxygen atoms in total. The largest absolute Gasteiger partial charge is 0.385 e. The average Bonchev–Trinajstić information content (AvgIpc) is 2.35. The molecule has 1 aliphatic carbocycles. The molecule has 1 N–H and O–H groups in total. The van der Waals surface area contributed by atoms with Gasteiger partial charge in [-0.05, 0) is 44.6 Å². The Labute approximate surface area is 110 Å². The van der Waals surface area contributed by atoms with Gasteiger partial charge in [-0.25, -0.2) is 0 Å². The van der Waals surface area contributed by atoms with Crippen molar-refractivity contribution in [3.8, 4) is 0 Å². The Bertz CT molecular complexity index is 173. The minimum absolute atomic E-state index is 0.426. The molecule has 0 saturated heterocycles. The molecule has 1 aliphatic rings. The Hall–Kier alpha value is 0.170. The van der Waals surface area contributed by atoms with Gasteiger partial charge in [-0.3, -0.25) is 0 Å². The van der Waals surface area contributed by atoms with Crippen LogP contribution in [-0.2, 0) is 9.47 Å². The van der Waals surface area contributed by atoms with Crippen molar-refractivity contribution in [2.45, 2.75) is 37.5 Å². The molecule has 0 aromatic heterocycles. The van der Waals surface area contributed by atoms with Crippen LogP contribution in [0.5, 0.6) is 0 Å². The number of hydrogen-bond acceptors (Lipinski definition) is 3. The van der Waals surface area contributed by atoms with Gasteiger partial charge in [0, 0.05) is 32.2 Å². The summed E-state index contributed by atoms with van der Waals surface area (Å²) in [6.07, 6.45) is 5.89. The Balaban J connectivity index is 1.81. The first-order valence-electron chi connectivity index (χ1n) is 6.74. The molecule has 1 fully saturated rings. The second kappa shape index (κ2) is 10.1. The summed E-state index contributed by atoms with van der Waals surface area (Å²) in [7, 11) is 1.72. The lowest BCUT2D eigenvalue weighted by molar-refractivity contribution is 0.103. The zero-order valence-corrected chi connectivity index (χ0v) is 11.7. The van der Waals surface area contributed by atoms with Gasteiger partial charge < -0.3 is 14.8 Å². The van der Waals surface area contributed by atoms with Crippen LogP contribution in [0.2, 0.25) is 0 Å². The van der Waals surface area contributed by atoms with Crippen molar-refractivity contribution >= 4 is 11.6 Å². The van der Waals surface area contributed by atoms with E-state index in [-0.39, 0.29) is 0 Å². The van der Waals surface area contributed by atoms with Gasteiger partial charge in [0.25, 0.3) is 0 Å². The van der Waals surface area contributed by atoms with E-state index in [1.54, 1.807) is 7.11 Å². The molecule has 0 unspecified atom stereocenters. The lowest BCUT2D eigenvalue weighted by Gasteiger charge is -2.25. The summed E-state index contributed by atoms with van der Waals surface area (Å²) in [4.78, 5) is 0. The van der Waals surface area contributed by atoms with E-state index in [0.29, 0.717) is 5.38 Å². The van der Waals surface area contributed by atoms with E-state index in [9.17, 15) is 0 Å². The van der Waals surface area contributed by atoms with Gasteiger partial charge in [0.15, 0.2) is 0 Å². The fourth-order valence-corrected chi connectivity index (χ4v) is 2.44. The average molecular weight is 264 g/mol. The highest BCUT2D eigenvalue weighted by atomic mass is 35.5. The molecule has 1 saturated carbocycles. The van der Waals surface area contributed by atoms with Gasteiger partial charge in [0.1, 0.15) is 0 Å². The summed E-state index contributed by atoms with van der Waals surface area (Å²) >= 11 is 6.08. The van der Waals surface area contributed by atoms with E-state index in [1.807, 2.05) is 0 Å². The van der Waals surface area contributed by atoms with Crippen LogP contribution < -0.4 is 5.32 Å². The maximum Gasteiger partial charge on any atom is 0.0590 e. The standard InChI is InChI=1S/C13H26ClNO2/c1-16-8-2-9-17-10-7-15-11-12-3-5-13(14)6-4-12/h12-13,15H,2-11H2,1H3. The Morgan fingerprint density at radius 3 is 2.59 bits per heavy atom. The minimum Gasteiger partial charge on any atom is -0.385 e. The smallest absolute Gasteiger partial charge is 0.0590 e. The highest BCUT2D eigenvalue weighted by Crippen LogP contribution is 2.26. The van der Waals surface area contributed by atoms with Crippen molar-refractivity contribution in [2.24, 2.45) is 5.92 Å². The molecule has 0 aliphatic heterocycles. The van der Waals surface area contributed by atoms with Crippen LogP contribution in [0.25, 0.3) is 0 Å². The number of ether oxygens (including phenoxy) is 2. The van der Waals surface area contributed by atoms with Crippen LogP contribution >= 0.6 is 11.6 Å². The first kappa shape index (κ1) is 15.2. The summed E-state index contributed by atoms with van der Waals surface area (Å²) in [5, 5.41) is 3.89. The fraction of sp³-hybridized carbons (Fsp3) is 1.00. The molecule has 0 amide bonds. The molecule has 0 atom stereocenters. The van der Waals surface area contributed by atoms with Crippen LogP contribution in [-0.4, -0.2) is 45.4 Å². The minimum atomic E-state index is 0.426. The molecule has 1 rings (SSSR count). The number of hydrogen-bond donors (Lipinski definition) is 1. The van der Waals surface area contributed by atoms with Gasteiger partial charge in [0.2, 0.25) is 0 Å². The fourth-order valence-electron chi connectivity index (χ4n) is 2.18. The number of methoxy groups -OCH3 is 1. The van der Waals surface area contributed by atoms with Gasteiger partial charge in [0.05, 0.1) is 6.61 Å². The van der Waals surface area contributed by atoms with Crippen LogP contribution in [0.3, 0.4) is 0 Å². The summed E-state index contributed by atoms with van der Waals surface area (Å²) < 4.78 is 10.4. The second-order valence-corrected chi connectivity index (χ2v) is 5.40.